The summed E-state index contributed by atoms with van der Waals surface area (Å²) in [6.07, 6.45) is 1.14. The number of fused-ring (bicyclic) bond motifs is 1. The zero-order valence-corrected chi connectivity index (χ0v) is 9.32. The van der Waals surface area contributed by atoms with Crippen molar-refractivity contribution in [1.29, 1.82) is 0 Å². The molecule has 1 aromatic carbocycles. The van der Waals surface area contributed by atoms with Crippen LogP contribution in [0.25, 0.3) is 10.9 Å². The fourth-order valence-corrected chi connectivity index (χ4v) is 2.23. The summed E-state index contributed by atoms with van der Waals surface area (Å²) in [5.41, 5.74) is 1.02. The Hall–Kier alpha value is -1.66. The lowest BCUT2D eigenvalue weighted by molar-refractivity contribution is 0.483. The number of hydrogen-bond acceptors (Lipinski definition) is 4. The lowest BCUT2D eigenvalue weighted by atomic mass is 10.2. The number of nitrogens with zero attached hydrogens (tertiary/aromatic N) is 1. The van der Waals surface area contributed by atoms with Gasteiger partial charge >= 0.3 is 0 Å². The second kappa shape index (κ2) is 3.73. The standard InChI is InChI=1S/C10H10N2O3S/c1-11-10-7-4-2-3-5-8(7)12-6-9(10)16(13,14)15/h2-6H,1H3,(H,11,12)(H,13,14,15). The van der Waals surface area contributed by atoms with Crippen molar-refractivity contribution >= 4 is 26.7 Å². The van der Waals surface area contributed by atoms with Crippen LogP contribution in [0.2, 0.25) is 0 Å². The van der Waals surface area contributed by atoms with Crippen molar-refractivity contribution in [2.75, 3.05) is 12.4 Å². The summed E-state index contributed by atoms with van der Waals surface area (Å²) in [4.78, 5) is 3.76. The van der Waals surface area contributed by atoms with Crippen molar-refractivity contribution in [3.05, 3.63) is 30.5 Å². The van der Waals surface area contributed by atoms with E-state index in [1.54, 1.807) is 25.2 Å². The zero-order valence-electron chi connectivity index (χ0n) is 8.51. The molecule has 0 aliphatic heterocycles. The second-order valence-corrected chi connectivity index (χ2v) is 4.63. The first kappa shape index (κ1) is 10.8. The van der Waals surface area contributed by atoms with E-state index < -0.39 is 10.1 Å². The molecule has 0 aliphatic carbocycles. The summed E-state index contributed by atoms with van der Waals surface area (Å²) in [7, 11) is -2.67. The van der Waals surface area contributed by atoms with Crippen molar-refractivity contribution < 1.29 is 13.0 Å². The van der Waals surface area contributed by atoms with Crippen LogP contribution in [0.1, 0.15) is 0 Å². The van der Waals surface area contributed by atoms with Gasteiger partial charge in [-0.2, -0.15) is 8.42 Å². The summed E-state index contributed by atoms with van der Waals surface area (Å²) in [5, 5.41) is 3.42. The van der Waals surface area contributed by atoms with Crippen LogP contribution in [-0.2, 0) is 10.1 Å². The Kier molecular flexibility index (Phi) is 2.53. The van der Waals surface area contributed by atoms with Crippen LogP contribution < -0.4 is 5.32 Å². The first-order valence-corrected chi connectivity index (χ1v) is 6.01. The summed E-state index contributed by atoms with van der Waals surface area (Å²) >= 11 is 0. The van der Waals surface area contributed by atoms with Crippen LogP contribution >= 0.6 is 0 Å². The number of pyridine rings is 1. The number of benzene rings is 1. The molecular formula is C10H10N2O3S. The highest BCUT2D eigenvalue weighted by Gasteiger charge is 2.17. The number of nitrogens with one attached hydrogen (secondary N) is 1. The van der Waals surface area contributed by atoms with Crippen molar-refractivity contribution in [2.45, 2.75) is 4.90 Å². The Morgan fingerprint density at radius 1 is 1.31 bits per heavy atom. The van der Waals surface area contributed by atoms with Gasteiger partial charge < -0.3 is 5.32 Å². The molecule has 0 radical (unpaired) electrons. The van der Waals surface area contributed by atoms with Gasteiger partial charge in [0.05, 0.1) is 17.4 Å². The van der Waals surface area contributed by atoms with E-state index in [-0.39, 0.29) is 4.90 Å². The molecule has 0 saturated heterocycles. The summed E-state index contributed by atoms with van der Waals surface area (Å²) in [5.74, 6) is 0. The molecule has 84 valence electrons. The minimum Gasteiger partial charge on any atom is -0.386 e. The van der Waals surface area contributed by atoms with Crippen molar-refractivity contribution in [3.63, 3.8) is 0 Å². The third kappa shape index (κ3) is 1.72. The van der Waals surface area contributed by atoms with Crippen LogP contribution in [0.15, 0.2) is 35.4 Å². The number of para-hydroxylation sites is 1. The quantitative estimate of drug-likeness (QED) is 0.775. The second-order valence-electron chi connectivity index (χ2n) is 3.24. The Morgan fingerprint density at radius 3 is 2.62 bits per heavy atom. The van der Waals surface area contributed by atoms with E-state index in [1.165, 1.54) is 0 Å². The number of anilines is 1. The van der Waals surface area contributed by atoms with Gasteiger partial charge in [-0.25, -0.2) is 0 Å². The molecule has 0 amide bonds. The first-order chi connectivity index (χ1) is 7.54. The van der Waals surface area contributed by atoms with Gasteiger partial charge in [0, 0.05) is 12.4 Å². The lowest BCUT2D eigenvalue weighted by Gasteiger charge is -2.09. The molecule has 2 N–H and O–H groups in total. The third-order valence-electron chi connectivity index (χ3n) is 2.27. The van der Waals surface area contributed by atoms with E-state index >= 15 is 0 Å². The topological polar surface area (TPSA) is 79.3 Å². The van der Waals surface area contributed by atoms with E-state index in [0.717, 1.165) is 6.20 Å². The number of rotatable bonds is 2. The van der Waals surface area contributed by atoms with E-state index in [1.807, 2.05) is 6.07 Å². The Labute approximate surface area is 92.9 Å². The molecule has 0 unspecified atom stereocenters. The molecule has 0 bridgehead atoms. The minimum atomic E-state index is -4.26. The molecule has 0 aliphatic rings. The molecule has 0 fully saturated rings. The van der Waals surface area contributed by atoms with E-state index in [9.17, 15) is 8.42 Å². The van der Waals surface area contributed by atoms with Gasteiger partial charge in [0.1, 0.15) is 4.90 Å². The molecule has 1 heterocycles. The maximum absolute atomic E-state index is 11.1. The van der Waals surface area contributed by atoms with Crippen molar-refractivity contribution in [3.8, 4) is 0 Å². The van der Waals surface area contributed by atoms with Crippen molar-refractivity contribution in [2.24, 2.45) is 0 Å². The van der Waals surface area contributed by atoms with Crippen LogP contribution in [0.4, 0.5) is 5.69 Å². The highest BCUT2D eigenvalue weighted by atomic mass is 32.2. The largest absolute Gasteiger partial charge is 0.386 e. The molecule has 2 rings (SSSR count). The SMILES string of the molecule is CNc1c(S(=O)(=O)O)cnc2ccccc12. The molecule has 5 nitrogen and oxygen atoms in total. The maximum Gasteiger partial charge on any atom is 0.298 e. The average molecular weight is 238 g/mol. The molecule has 2 aromatic rings. The summed E-state index contributed by atoms with van der Waals surface area (Å²) in [6, 6.07) is 7.09. The molecule has 1 aromatic heterocycles. The van der Waals surface area contributed by atoms with Gasteiger partial charge in [-0.05, 0) is 6.07 Å². The fraction of sp³-hybridized carbons (Fsp3) is 0.100. The number of aromatic nitrogens is 1. The molecular weight excluding hydrogens is 228 g/mol. The zero-order chi connectivity index (χ0) is 11.8. The Bertz CT molecular complexity index is 638. The molecule has 0 spiro atoms. The molecule has 0 saturated carbocycles. The highest BCUT2D eigenvalue weighted by Crippen LogP contribution is 2.28. The van der Waals surface area contributed by atoms with Crippen LogP contribution in [0.5, 0.6) is 0 Å². The third-order valence-corrected chi connectivity index (χ3v) is 3.13. The van der Waals surface area contributed by atoms with E-state index in [0.29, 0.717) is 16.6 Å². The molecule has 16 heavy (non-hydrogen) atoms. The van der Waals surface area contributed by atoms with Crippen LogP contribution in [-0.4, -0.2) is 25.0 Å². The van der Waals surface area contributed by atoms with E-state index in [4.69, 9.17) is 4.55 Å². The highest BCUT2D eigenvalue weighted by molar-refractivity contribution is 7.86. The lowest BCUT2D eigenvalue weighted by Crippen LogP contribution is -2.04. The predicted molar refractivity (Wildman–Crippen MR) is 61.1 cm³/mol. The van der Waals surface area contributed by atoms with Crippen molar-refractivity contribution in [1.82, 2.24) is 4.98 Å². The maximum atomic E-state index is 11.1. The predicted octanol–water partition coefficient (Wildman–Crippen LogP) is 1.52. The summed E-state index contributed by atoms with van der Waals surface area (Å²) in [6.45, 7) is 0. The smallest absolute Gasteiger partial charge is 0.298 e. The van der Waals surface area contributed by atoms with Crippen LogP contribution in [0.3, 0.4) is 0 Å². The number of hydrogen-bond donors (Lipinski definition) is 2. The van der Waals surface area contributed by atoms with Gasteiger partial charge in [0.15, 0.2) is 0 Å². The average Bonchev–Trinajstić information content (AvgIpc) is 2.26. The van der Waals surface area contributed by atoms with Gasteiger partial charge in [0.2, 0.25) is 0 Å². The van der Waals surface area contributed by atoms with E-state index in [2.05, 4.69) is 10.3 Å². The summed E-state index contributed by atoms with van der Waals surface area (Å²) < 4.78 is 31.3. The monoisotopic (exact) mass is 238 g/mol. The fourth-order valence-electron chi connectivity index (χ4n) is 1.58. The molecule has 0 atom stereocenters. The molecule has 6 heteroatoms. The minimum absolute atomic E-state index is 0.214. The van der Waals surface area contributed by atoms with Gasteiger partial charge in [-0.15, -0.1) is 0 Å². The van der Waals surface area contributed by atoms with Crippen LogP contribution in [0, 0.1) is 0 Å². The van der Waals surface area contributed by atoms with Gasteiger partial charge in [0.25, 0.3) is 10.1 Å². The Balaban J connectivity index is 2.89. The normalized spacial score (nSPS) is 11.6. The Morgan fingerprint density at radius 2 is 2.00 bits per heavy atom. The van der Waals surface area contributed by atoms with Gasteiger partial charge in [-0.3, -0.25) is 9.54 Å². The first-order valence-electron chi connectivity index (χ1n) is 4.57. The van der Waals surface area contributed by atoms with Gasteiger partial charge in [-0.1, -0.05) is 18.2 Å².